The van der Waals surface area contributed by atoms with Crippen LogP contribution in [0.5, 0.6) is 5.75 Å². The Morgan fingerprint density at radius 3 is 2.25 bits per heavy atom. The van der Waals surface area contributed by atoms with Crippen molar-refractivity contribution in [2.24, 2.45) is 0 Å². The van der Waals surface area contributed by atoms with Crippen LogP contribution in [-0.4, -0.2) is 22.2 Å². The van der Waals surface area contributed by atoms with E-state index in [4.69, 9.17) is 11.6 Å². The van der Waals surface area contributed by atoms with Crippen LogP contribution in [0.2, 0.25) is 5.02 Å². The molecule has 2 aromatic carbocycles. The molecule has 2 aromatic rings. The highest BCUT2D eigenvalue weighted by Gasteiger charge is 2.17. The topological polar surface area (TPSA) is 69.6 Å². The van der Waals surface area contributed by atoms with Crippen molar-refractivity contribution in [3.05, 3.63) is 59.1 Å². The molecule has 20 heavy (non-hydrogen) atoms. The van der Waals surface area contributed by atoms with Crippen LogP contribution in [-0.2, 0) is 11.2 Å². The molecule has 0 saturated heterocycles. The summed E-state index contributed by atoms with van der Waals surface area (Å²) in [5.41, 5.74) is 1.53. The fourth-order valence-electron chi connectivity index (χ4n) is 1.82. The summed E-state index contributed by atoms with van der Waals surface area (Å²) in [5.74, 6) is -0.778. The van der Waals surface area contributed by atoms with E-state index in [-0.39, 0.29) is 5.75 Å². The number of nitrogens with one attached hydrogen (secondary N) is 1. The van der Waals surface area contributed by atoms with Crippen LogP contribution in [0.15, 0.2) is 48.5 Å². The van der Waals surface area contributed by atoms with E-state index in [0.29, 0.717) is 17.1 Å². The molecule has 4 nitrogen and oxygen atoms in total. The molecule has 0 saturated carbocycles. The Hall–Kier alpha value is -2.20. The van der Waals surface area contributed by atoms with Gasteiger partial charge in [0.25, 0.3) is 0 Å². The van der Waals surface area contributed by atoms with Crippen molar-refractivity contribution in [2.75, 3.05) is 5.32 Å². The van der Waals surface area contributed by atoms with Gasteiger partial charge in [0.15, 0.2) is 0 Å². The van der Waals surface area contributed by atoms with E-state index in [2.05, 4.69) is 5.32 Å². The minimum absolute atomic E-state index is 0.159. The predicted molar refractivity (Wildman–Crippen MR) is 78.3 cm³/mol. The molecule has 0 radical (unpaired) electrons. The van der Waals surface area contributed by atoms with Crippen molar-refractivity contribution < 1.29 is 15.0 Å². The van der Waals surface area contributed by atoms with Crippen LogP contribution >= 0.6 is 11.6 Å². The lowest BCUT2D eigenvalue weighted by atomic mass is 10.1. The quantitative estimate of drug-likeness (QED) is 0.791. The minimum Gasteiger partial charge on any atom is -0.508 e. The second-order valence-electron chi connectivity index (χ2n) is 4.41. The molecule has 1 unspecified atom stereocenters. The highest BCUT2D eigenvalue weighted by molar-refractivity contribution is 6.30. The SMILES string of the molecule is O=C(O)C(Cc1ccc(O)cc1)Nc1ccc(Cl)cc1. The smallest absolute Gasteiger partial charge is 0.326 e. The fraction of sp³-hybridized carbons (Fsp3) is 0.133. The summed E-state index contributed by atoms with van der Waals surface area (Å²) in [7, 11) is 0. The minimum atomic E-state index is -0.937. The normalized spacial score (nSPS) is 11.8. The van der Waals surface area contributed by atoms with Crippen molar-refractivity contribution in [2.45, 2.75) is 12.5 Å². The lowest BCUT2D eigenvalue weighted by Gasteiger charge is -2.16. The molecule has 0 amide bonds. The number of carbonyl (C=O) groups is 1. The molecular formula is C15H14ClNO3. The Bertz CT molecular complexity index is 534. The number of carboxylic acids is 1. The van der Waals surface area contributed by atoms with Crippen LogP contribution < -0.4 is 5.32 Å². The summed E-state index contributed by atoms with van der Waals surface area (Å²) in [4.78, 5) is 11.3. The maximum Gasteiger partial charge on any atom is 0.326 e. The Balaban J connectivity index is 2.09. The van der Waals surface area contributed by atoms with Crippen LogP contribution in [0.1, 0.15) is 5.56 Å². The number of benzene rings is 2. The number of phenols is 1. The van der Waals surface area contributed by atoms with Crippen LogP contribution in [0.3, 0.4) is 0 Å². The summed E-state index contributed by atoms with van der Waals surface area (Å²) in [6.07, 6.45) is 0.318. The molecular weight excluding hydrogens is 278 g/mol. The van der Waals surface area contributed by atoms with Gasteiger partial charge in [0.2, 0.25) is 0 Å². The van der Waals surface area contributed by atoms with E-state index in [1.807, 2.05) is 0 Å². The first kappa shape index (κ1) is 14.2. The Kier molecular flexibility index (Phi) is 4.48. The van der Waals surface area contributed by atoms with Gasteiger partial charge >= 0.3 is 5.97 Å². The lowest BCUT2D eigenvalue weighted by Crippen LogP contribution is -2.31. The third-order valence-electron chi connectivity index (χ3n) is 2.86. The standard InChI is InChI=1S/C15H14ClNO3/c16-11-3-5-12(6-4-11)17-14(15(19)20)9-10-1-7-13(18)8-2-10/h1-8,14,17-18H,9H2,(H,19,20). The molecule has 104 valence electrons. The molecule has 0 fully saturated rings. The second-order valence-corrected chi connectivity index (χ2v) is 4.85. The average Bonchev–Trinajstić information content (AvgIpc) is 2.42. The first-order chi connectivity index (χ1) is 9.54. The van der Waals surface area contributed by atoms with Gasteiger partial charge in [0, 0.05) is 17.1 Å². The number of anilines is 1. The van der Waals surface area contributed by atoms with Gasteiger partial charge in [0.05, 0.1) is 0 Å². The number of hydrogen-bond donors (Lipinski definition) is 3. The largest absolute Gasteiger partial charge is 0.508 e. The number of halogens is 1. The van der Waals surface area contributed by atoms with Crippen LogP contribution in [0, 0.1) is 0 Å². The maximum absolute atomic E-state index is 11.3. The van der Waals surface area contributed by atoms with E-state index < -0.39 is 12.0 Å². The van der Waals surface area contributed by atoms with Gasteiger partial charge in [-0.05, 0) is 42.0 Å². The van der Waals surface area contributed by atoms with E-state index in [0.717, 1.165) is 5.56 Å². The zero-order valence-corrected chi connectivity index (χ0v) is 11.3. The second kappa shape index (κ2) is 6.30. The van der Waals surface area contributed by atoms with Crippen molar-refractivity contribution in [3.63, 3.8) is 0 Å². The first-order valence-corrected chi connectivity index (χ1v) is 6.45. The van der Waals surface area contributed by atoms with Gasteiger partial charge < -0.3 is 15.5 Å². The number of aromatic hydroxyl groups is 1. The average molecular weight is 292 g/mol. The van der Waals surface area contributed by atoms with Crippen molar-refractivity contribution >= 4 is 23.3 Å². The van der Waals surface area contributed by atoms with Crippen molar-refractivity contribution in [3.8, 4) is 5.75 Å². The molecule has 5 heteroatoms. The van der Waals surface area contributed by atoms with Gasteiger partial charge in [0.1, 0.15) is 11.8 Å². The Labute approximate surface area is 121 Å². The number of hydrogen-bond acceptors (Lipinski definition) is 3. The molecule has 0 aliphatic carbocycles. The van der Waals surface area contributed by atoms with E-state index in [1.165, 1.54) is 12.1 Å². The summed E-state index contributed by atoms with van der Waals surface area (Å²) in [6, 6.07) is 12.6. The molecule has 3 N–H and O–H groups in total. The summed E-state index contributed by atoms with van der Waals surface area (Å²) in [5, 5.41) is 22.0. The van der Waals surface area contributed by atoms with Gasteiger partial charge in [-0.1, -0.05) is 23.7 Å². The van der Waals surface area contributed by atoms with E-state index in [1.54, 1.807) is 36.4 Å². The molecule has 0 bridgehead atoms. The number of rotatable bonds is 5. The summed E-state index contributed by atoms with van der Waals surface area (Å²) >= 11 is 5.79. The number of aliphatic carboxylic acids is 1. The molecule has 2 rings (SSSR count). The molecule has 0 spiro atoms. The lowest BCUT2D eigenvalue weighted by molar-refractivity contribution is -0.137. The summed E-state index contributed by atoms with van der Waals surface area (Å²) in [6.45, 7) is 0. The monoisotopic (exact) mass is 291 g/mol. The van der Waals surface area contributed by atoms with Gasteiger partial charge in [-0.15, -0.1) is 0 Å². The molecule has 0 aliphatic heterocycles. The third kappa shape index (κ3) is 3.90. The van der Waals surface area contributed by atoms with E-state index >= 15 is 0 Å². The van der Waals surface area contributed by atoms with Gasteiger partial charge in [-0.2, -0.15) is 0 Å². The van der Waals surface area contributed by atoms with Crippen LogP contribution in [0.4, 0.5) is 5.69 Å². The number of phenolic OH excluding ortho intramolecular Hbond substituents is 1. The van der Waals surface area contributed by atoms with E-state index in [9.17, 15) is 15.0 Å². The predicted octanol–water partition coefficient (Wildman–Crippen LogP) is 3.15. The van der Waals surface area contributed by atoms with Gasteiger partial charge in [-0.25, -0.2) is 4.79 Å². The van der Waals surface area contributed by atoms with Gasteiger partial charge in [-0.3, -0.25) is 0 Å². The highest BCUT2D eigenvalue weighted by atomic mass is 35.5. The van der Waals surface area contributed by atoms with Crippen molar-refractivity contribution in [1.82, 2.24) is 0 Å². The van der Waals surface area contributed by atoms with Crippen LogP contribution in [0.25, 0.3) is 0 Å². The zero-order valence-electron chi connectivity index (χ0n) is 10.6. The Morgan fingerprint density at radius 2 is 1.70 bits per heavy atom. The van der Waals surface area contributed by atoms with Crippen molar-refractivity contribution in [1.29, 1.82) is 0 Å². The fourth-order valence-corrected chi connectivity index (χ4v) is 1.94. The molecule has 0 aromatic heterocycles. The number of carboxylic acid groups (broad SMARTS) is 1. The maximum atomic E-state index is 11.3. The molecule has 0 heterocycles. The first-order valence-electron chi connectivity index (χ1n) is 6.07. The summed E-state index contributed by atoms with van der Waals surface area (Å²) < 4.78 is 0. The Morgan fingerprint density at radius 1 is 1.10 bits per heavy atom. The zero-order chi connectivity index (χ0) is 14.5. The third-order valence-corrected chi connectivity index (χ3v) is 3.11. The molecule has 1 atom stereocenters. The molecule has 0 aliphatic rings. The highest BCUT2D eigenvalue weighted by Crippen LogP contribution is 2.17.